The highest BCUT2D eigenvalue weighted by atomic mass is 19.4. The fraction of sp³-hybridized carbons (Fsp3) is 0.500. The fourth-order valence-corrected chi connectivity index (χ4v) is 2.27. The van der Waals surface area contributed by atoms with E-state index in [-0.39, 0.29) is 6.10 Å². The van der Waals surface area contributed by atoms with E-state index in [4.69, 9.17) is 4.74 Å². The van der Waals surface area contributed by atoms with E-state index in [0.29, 0.717) is 19.1 Å². The number of carbonyl (C=O) groups excluding carboxylic acids is 1. The Bertz CT molecular complexity index is 558. The van der Waals surface area contributed by atoms with E-state index < -0.39 is 34.6 Å². The number of benzene rings is 1. The first kappa shape index (κ1) is 15.8. The van der Waals surface area contributed by atoms with E-state index in [1.54, 1.807) is 13.8 Å². The average molecular weight is 305 g/mol. The highest BCUT2D eigenvalue weighted by Gasteiger charge is 2.41. The zero-order valence-electron chi connectivity index (χ0n) is 11.6. The van der Waals surface area contributed by atoms with Crippen molar-refractivity contribution in [3.05, 3.63) is 35.1 Å². The minimum Gasteiger partial charge on any atom is -0.376 e. The molecule has 0 bridgehead atoms. The lowest BCUT2D eigenvalue weighted by Crippen LogP contribution is -2.50. The van der Waals surface area contributed by atoms with Crippen molar-refractivity contribution in [3.8, 4) is 0 Å². The number of rotatable bonds is 2. The quantitative estimate of drug-likeness (QED) is 0.853. The Balaban J connectivity index is 2.32. The predicted octanol–water partition coefficient (Wildman–Crippen LogP) is 3.14. The Labute approximate surface area is 119 Å². The number of ether oxygens (including phenoxy) is 1. The Morgan fingerprint density at radius 2 is 2.10 bits per heavy atom. The molecule has 21 heavy (non-hydrogen) atoms. The van der Waals surface area contributed by atoms with Crippen molar-refractivity contribution < 1.29 is 27.1 Å². The van der Waals surface area contributed by atoms with E-state index in [0.717, 1.165) is 12.1 Å². The highest BCUT2D eigenvalue weighted by molar-refractivity contribution is 5.96. The number of hydrogen-bond donors (Lipinski definition) is 1. The van der Waals surface area contributed by atoms with Gasteiger partial charge < -0.3 is 10.1 Å². The molecule has 1 N–H and O–H groups in total. The van der Waals surface area contributed by atoms with Gasteiger partial charge in [-0.15, -0.1) is 0 Å². The van der Waals surface area contributed by atoms with Crippen molar-refractivity contribution in [1.82, 2.24) is 5.32 Å². The van der Waals surface area contributed by atoms with Crippen molar-refractivity contribution in [3.63, 3.8) is 0 Å². The first-order valence-electron chi connectivity index (χ1n) is 6.44. The lowest BCUT2D eigenvalue weighted by atomic mass is 9.93. The van der Waals surface area contributed by atoms with Gasteiger partial charge in [0, 0.05) is 6.61 Å². The maximum Gasteiger partial charge on any atom is 0.417 e. The predicted molar refractivity (Wildman–Crippen MR) is 67.3 cm³/mol. The normalized spacial score (nSPS) is 25.9. The first-order chi connectivity index (χ1) is 9.63. The summed E-state index contributed by atoms with van der Waals surface area (Å²) < 4.78 is 57.1. The summed E-state index contributed by atoms with van der Waals surface area (Å²) in [6.07, 6.45) is -4.60. The summed E-state index contributed by atoms with van der Waals surface area (Å²) in [7, 11) is 0. The third kappa shape index (κ3) is 3.18. The number of nitrogens with one attached hydrogen (secondary N) is 1. The van der Waals surface area contributed by atoms with Crippen molar-refractivity contribution in [1.29, 1.82) is 0 Å². The highest BCUT2D eigenvalue weighted by Crippen LogP contribution is 2.33. The van der Waals surface area contributed by atoms with Crippen molar-refractivity contribution in [2.75, 3.05) is 6.61 Å². The number of carbonyl (C=O) groups is 1. The molecule has 3 nitrogen and oxygen atoms in total. The summed E-state index contributed by atoms with van der Waals surface area (Å²) in [4.78, 5) is 12.1. The van der Waals surface area contributed by atoms with Crippen LogP contribution >= 0.6 is 0 Å². The van der Waals surface area contributed by atoms with Crippen molar-refractivity contribution in [2.24, 2.45) is 0 Å². The summed E-state index contributed by atoms with van der Waals surface area (Å²) in [6, 6.07) is 2.00. The van der Waals surface area contributed by atoms with Gasteiger partial charge in [-0.1, -0.05) is 0 Å². The molecular weight excluding hydrogens is 290 g/mol. The van der Waals surface area contributed by atoms with Crippen molar-refractivity contribution >= 4 is 5.91 Å². The van der Waals surface area contributed by atoms with Crippen LogP contribution in [0.3, 0.4) is 0 Å². The monoisotopic (exact) mass is 305 g/mol. The number of hydrogen-bond acceptors (Lipinski definition) is 2. The molecule has 1 aromatic rings. The van der Waals surface area contributed by atoms with Gasteiger partial charge in [0.2, 0.25) is 0 Å². The maximum absolute atomic E-state index is 13.0. The average Bonchev–Trinajstić information content (AvgIpc) is 2.68. The van der Waals surface area contributed by atoms with Gasteiger partial charge in [-0.05, 0) is 38.5 Å². The third-order valence-corrected chi connectivity index (χ3v) is 3.82. The van der Waals surface area contributed by atoms with Crippen LogP contribution in [0.2, 0.25) is 0 Å². The number of halogens is 4. The fourth-order valence-electron chi connectivity index (χ4n) is 2.27. The molecule has 7 heteroatoms. The van der Waals surface area contributed by atoms with Crippen LogP contribution < -0.4 is 5.32 Å². The molecule has 1 aliphatic heterocycles. The third-order valence-electron chi connectivity index (χ3n) is 3.82. The molecule has 1 heterocycles. The van der Waals surface area contributed by atoms with Crippen LogP contribution in [-0.4, -0.2) is 24.2 Å². The molecule has 2 atom stereocenters. The molecule has 0 unspecified atom stereocenters. The summed E-state index contributed by atoms with van der Waals surface area (Å²) in [5.41, 5.74) is -2.62. The Kier molecular flexibility index (Phi) is 3.97. The smallest absolute Gasteiger partial charge is 0.376 e. The number of amides is 1. The minimum absolute atomic E-state index is 0.309. The van der Waals surface area contributed by atoms with Crippen LogP contribution in [0.15, 0.2) is 18.2 Å². The van der Waals surface area contributed by atoms with E-state index in [2.05, 4.69) is 5.32 Å². The molecule has 0 radical (unpaired) electrons. The Hall–Kier alpha value is -1.63. The van der Waals surface area contributed by atoms with Crippen LogP contribution in [-0.2, 0) is 10.9 Å². The Morgan fingerprint density at radius 1 is 1.43 bits per heavy atom. The second kappa shape index (κ2) is 5.29. The summed E-state index contributed by atoms with van der Waals surface area (Å²) in [5, 5.41) is 2.57. The van der Waals surface area contributed by atoms with Gasteiger partial charge in [0.1, 0.15) is 5.82 Å². The zero-order valence-corrected chi connectivity index (χ0v) is 11.6. The van der Waals surface area contributed by atoms with Gasteiger partial charge in [0.05, 0.1) is 22.8 Å². The first-order valence-corrected chi connectivity index (χ1v) is 6.44. The Morgan fingerprint density at radius 3 is 2.62 bits per heavy atom. The second-order valence-electron chi connectivity index (χ2n) is 5.32. The largest absolute Gasteiger partial charge is 0.417 e. The molecule has 2 rings (SSSR count). The molecule has 1 aliphatic rings. The topological polar surface area (TPSA) is 38.3 Å². The molecule has 0 aliphatic carbocycles. The van der Waals surface area contributed by atoms with Gasteiger partial charge in [-0.25, -0.2) is 4.39 Å². The van der Waals surface area contributed by atoms with Gasteiger partial charge >= 0.3 is 6.18 Å². The van der Waals surface area contributed by atoms with Crippen LogP contribution in [0, 0.1) is 5.82 Å². The summed E-state index contributed by atoms with van der Waals surface area (Å²) in [6.45, 7) is 3.87. The van der Waals surface area contributed by atoms with Gasteiger partial charge in [0.15, 0.2) is 0 Å². The summed E-state index contributed by atoms with van der Waals surface area (Å²) >= 11 is 0. The minimum atomic E-state index is -4.80. The molecule has 1 fully saturated rings. The van der Waals surface area contributed by atoms with Crippen LogP contribution in [0.5, 0.6) is 0 Å². The SMILES string of the molecule is C[C@H]1OCC[C@@]1(C)NC(=O)c1ccc(F)cc1C(F)(F)F. The van der Waals surface area contributed by atoms with Crippen LogP contribution in [0.25, 0.3) is 0 Å². The van der Waals surface area contributed by atoms with Gasteiger partial charge in [-0.2, -0.15) is 13.2 Å². The molecule has 0 spiro atoms. The lowest BCUT2D eigenvalue weighted by molar-refractivity contribution is -0.138. The van der Waals surface area contributed by atoms with Crippen molar-refractivity contribution in [2.45, 2.75) is 38.1 Å². The zero-order chi connectivity index (χ0) is 15.8. The lowest BCUT2D eigenvalue weighted by Gasteiger charge is -2.29. The van der Waals surface area contributed by atoms with Crippen LogP contribution in [0.4, 0.5) is 17.6 Å². The van der Waals surface area contributed by atoms with Gasteiger partial charge in [0.25, 0.3) is 5.91 Å². The van der Waals surface area contributed by atoms with E-state index in [1.807, 2.05) is 0 Å². The van der Waals surface area contributed by atoms with Crippen LogP contribution in [0.1, 0.15) is 36.2 Å². The molecular formula is C14H15F4NO2. The molecule has 1 aromatic carbocycles. The summed E-state index contributed by atoms with van der Waals surface area (Å²) in [5.74, 6) is -1.93. The van der Waals surface area contributed by atoms with E-state index in [9.17, 15) is 22.4 Å². The molecule has 0 saturated carbocycles. The number of alkyl halides is 3. The molecule has 0 aromatic heterocycles. The second-order valence-corrected chi connectivity index (χ2v) is 5.32. The van der Waals surface area contributed by atoms with E-state index in [1.165, 1.54) is 0 Å². The molecule has 116 valence electrons. The molecule has 1 amide bonds. The van der Waals surface area contributed by atoms with Gasteiger partial charge in [-0.3, -0.25) is 4.79 Å². The van der Waals surface area contributed by atoms with E-state index >= 15 is 0 Å². The standard InChI is InChI=1S/C14H15F4NO2/c1-8-13(2,5-6-21-8)19-12(20)10-4-3-9(15)7-11(10)14(16,17)18/h3-4,7-8H,5-6H2,1-2H3,(H,19,20)/t8-,13-/m1/s1. The maximum atomic E-state index is 13.0. The molecule has 1 saturated heterocycles.